The highest BCUT2D eigenvalue weighted by Crippen LogP contribution is 2.30. The number of hydrogen-bond donors (Lipinski definition) is 2. The molecule has 0 saturated heterocycles. The minimum Gasteiger partial charge on any atom is -0.380 e. The van der Waals surface area contributed by atoms with Crippen LogP contribution in [-0.4, -0.2) is 11.9 Å². The van der Waals surface area contributed by atoms with Crippen molar-refractivity contribution in [1.29, 1.82) is 5.26 Å². The van der Waals surface area contributed by atoms with Crippen molar-refractivity contribution in [2.45, 2.75) is 32.2 Å². The third kappa shape index (κ3) is 2.39. The Labute approximate surface area is 101 Å². The van der Waals surface area contributed by atoms with Crippen LogP contribution < -0.4 is 10.6 Å². The van der Waals surface area contributed by atoms with Crippen LogP contribution in [0.3, 0.4) is 0 Å². The van der Waals surface area contributed by atoms with Crippen molar-refractivity contribution >= 4 is 17.3 Å². The van der Waals surface area contributed by atoms with Crippen molar-refractivity contribution < 1.29 is 4.79 Å². The van der Waals surface area contributed by atoms with Gasteiger partial charge in [-0.3, -0.25) is 4.79 Å². The first-order valence-corrected chi connectivity index (χ1v) is 5.84. The SMILES string of the molecule is CCCC1CC(=O)Nc2c(C#N)cccc2N1. The number of amides is 1. The maximum absolute atomic E-state index is 11.7. The molecule has 1 aliphatic heterocycles. The molecule has 1 aliphatic rings. The largest absolute Gasteiger partial charge is 0.380 e. The van der Waals surface area contributed by atoms with E-state index in [2.05, 4.69) is 23.6 Å². The van der Waals surface area contributed by atoms with Gasteiger partial charge in [-0.15, -0.1) is 0 Å². The number of para-hydroxylation sites is 1. The lowest BCUT2D eigenvalue weighted by Gasteiger charge is -2.15. The summed E-state index contributed by atoms with van der Waals surface area (Å²) in [5, 5.41) is 15.1. The molecule has 0 spiro atoms. The highest BCUT2D eigenvalue weighted by molar-refractivity contribution is 5.98. The zero-order chi connectivity index (χ0) is 12.3. The fourth-order valence-corrected chi connectivity index (χ4v) is 2.11. The Morgan fingerprint density at radius 2 is 2.35 bits per heavy atom. The zero-order valence-electron chi connectivity index (χ0n) is 9.79. The van der Waals surface area contributed by atoms with Gasteiger partial charge in [0.2, 0.25) is 5.91 Å². The average Bonchev–Trinajstić information content (AvgIpc) is 2.46. The van der Waals surface area contributed by atoms with E-state index in [1.54, 1.807) is 6.07 Å². The molecule has 2 rings (SSSR count). The van der Waals surface area contributed by atoms with E-state index in [-0.39, 0.29) is 11.9 Å². The minimum atomic E-state index is -0.0302. The monoisotopic (exact) mass is 229 g/mol. The van der Waals surface area contributed by atoms with Crippen LogP contribution in [0.1, 0.15) is 31.7 Å². The lowest BCUT2D eigenvalue weighted by molar-refractivity contribution is -0.116. The molecule has 0 radical (unpaired) electrons. The molecule has 0 bridgehead atoms. The van der Waals surface area contributed by atoms with E-state index in [1.807, 2.05) is 12.1 Å². The number of carbonyl (C=O) groups is 1. The van der Waals surface area contributed by atoms with Crippen LogP contribution in [-0.2, 0) is 4.79 Å². The van der Waals surface area contributed by atoms with E-state index >= 15 is 0 Å². The summed E-state index contributed by atoms with van der Waals surface area (Å²) in [6, 6.07) is 7.67. The molecule has 0 aromatic heterocycles. The first-order valence-electron chi connectivity index (χ1n) is 5.84. The molecule has 1 aromatic carbocycles. The lowest BCUT2D eigenvalue weighted by atomic mass is 10.1. The summed E-state index contributed by atoms with van der Waals surface area (Å²) in [6.07, 6.45) is 2.43. The number of carbonyl (C=O) groups excluding carboxylic acids is 1. The fraction of sp³-hybridized carbons (Fsp3) is 0.385. The van der Waals surface area contributed by atoms with E-state index < -0.39 is 0 Å². The quantitative estimate of drug-likeness (QED) is 0.818. The van der Waals surface area contributed by atoms with Crippen LogP contribution in [0.2, 0.25) is 0 Å². The second kappa shape index (κ2) is 4.88. The summed E-state index contributed by atoms with van der Waals surface area (Å²) in [4.78, 5) is 11.7. The maximum atomic E-state index is 11.7. The summed E-state index contributed by atoms with van der Waals surface area (Å²) < 4.78 is 0. The van der Waals surface area contributed by atoms with Crippen LogP contribution in [0.25, 0.3) is 0 Å². The molecule has 4 heteroatoms. The smallest absolute Gasteiger partial charge is 0.226 e. The molecule has 4 nitrogen and oxygen atoms in total. The number of anilines is 2. The van der Waals surface area contributed by atoms with Gasteiger partial charge in [-0.25, -0.2) is 0 Å². The molecule has 0 aliphatic carbocycles. The number of nitrogens with one attached hydrogen (secondary N) is 2. The fourth-order valence-electron chi connectivity index (χ4n) is 2.11. The van der Waals surface area contributed by atoms with Crippen LogP contribution in [0, 0.1) is 11.3 Å². The Morgan fingerprint density at radius 3 is 3.06 bits per heavy atom. The standard InChI is InChI=1S/C13H15N3O/c1-2-4-10-7-12(17)16-13-9(8-14)5-3-6-11(13)15-10/h3,5-6,10,15H,2,4,7H2,1H3,(H,16,17). The Hall–Kier alpha value is -2.02. The predicted octanol–water partition coefficient (Wildman–Crippen LogP) is 2.48. The molecule has 1 unspecified atom stereocenters. The van der Waals surface area contributed by atoms with Gasteiger partial charge in [-0.1, -0.05) is 19.4 Å². The second-order valence-electron chi connectivity index (χ2n) is 4.22. The number of nitriles is 1. The molecular weight excluding hydrogens is 214 g/mol. The highest BCUT2D eigenvalue weighted by atomic mass is 16.1. The first kappa shape index (κ1) is 11.5. The molecule has 0 fully saturated rings. The van der Waals surface area contributed by atoms with E-state index in [4.69, 9.17) is 5.26 Å². The summed E-state index contributed by atoms with van der Waals surface area (Å²) in [7, 11) is 0. The van der Waals surface area contributed by atoms with Gasteiger partial charge < -0.3 is 10.6 Å². The molecule has 0 saturated carbocycles. The van der Waals surface area contributed by atoms with Gasteiger partial charge in [0, 0.05) is 12.5 Å². The summed E-state index contributed by atoms with van der Waals surface area (Å²) in [5.41, 5.74) is 1.95. The predicted molar refractivity (Wildman–Crippen MR) is 66.7 cm³/mol. The number of fused-ring (bicyclic) bond motifs is 1. The van der Waals surface area contributed by atoms with Crippen LogP contribution in [0.4, 0.5) is 11.4 Å². The molecule has 1 amide bonds. The van der Waals surface area contributed by atoms with Gasteiger partial charge in [0.15, 0.2) is 0 Å². The van der Waals surface area contributed by atoms with Crippen LogP contribution in [0.15, 0.2) is 18.2 Å². The molecular formula is C13H15N3O. The van der Waals surface area contributed by atoms with Crippen molar-refractivity contribution in [3.05, 3.63) is 23.8 Å². The number of nitrogens with zero attached hydrogens (tertiary/aromatic N) is 1. The summed E-state index contributed by atoms with van der Waals surface area (Å²) >= 11 is 0. The Balaban J connectivity index is 2.37. The molecule has 1 atom stereocenters. The highest BCUT2D eigenvalue weighted by Gasteiger charge is 2.21. The van der Waals surface area contributed by atoms with Gasteiger partial charge in [0.05, 0.1) is 16.9 Å². The van der Waals surface area contributed by atoms with E-state index in [0.29, 0.717) is 17.7 Å². The number of benzene rings is 1. The van der Waals surface area contributed by atoms with Gasteiger partial charge in [0.1, 0.15) is 6.07 Å². The van der Waals surface area contributed by atoms with Crippen molar-refractivity contribution in [3.63, 3.8) is 0 Å². The normalized spacial score (nSPS) is 18.4. The topological polar surface area (TPSA) is 64.9 Å². The van der Waals surface area contributed by atoms with Crippen LogP contribution >= 0.6 is 0 Å². The Morgan fingerprint density at radius 1 is 1.53 bits per heavy atom. The van der Waals surface area contributed by atoms with Gasteiger partial charge >= 0.3 is 0 Å². The van der Waals surface area contributed by atoms with Gasteiger partial charge in [-0.05, 0) is 18.6 Å². The van der Waals surface area contributed by atoms with Gasteiger partial charge in [0.25, 0.3) is 0 Å². The van der Waals surface area contributed by atoms with E-state index in [0.717, 1.165) is 18.5 Å². The zero-order valence-corrected chi connectivity index (χ0v) is 9.79. The first-order chi connectivity index (χ1) is 8.24. The van der Waals surface area contributed by atoms with Gasteiger partial charge in [-0.2, -0.15) is 5.26 Å². The molecule has 2 N–H and O–H groups in total. The van der Waals surface area contributed by atoms with Crippen molar-refractivity contribution in [3.8, 4) is 6.07 Å². The van der Waals surface area contributed by atoms with Crippen molar-refractivity contribution in [2.75, 3.05) is 10.6 Å². The Bertz CT molecular complexity index is 476. The van der Waals surface area contributed by atoms with E-state index in [9.17, 15) is 4.79 Å². The van der Waals surface area contributed by atoms with Crippen molar-refractivity contribution in [2.24, 2.45) is 0 Å². The number of hydrogen-bond acceptors (Lipinski definition) is 3. The minimum absolute atomic E-state index is 0.0302. The number of rotatable bonds is 2. The lowest BCUT2D eigenvalue weighted by Crippen LogP contribution is -2.22. The molecule has 17 heavy (non-hydrogen) atoms. The molecule has 88 valence electrons. The molecule has 1 heterocycles. The Kier molecular flexibility index (Phi) is 3.29. The maximum Gasteiger partial charge on any atom is 0.226 e. The van der Waals surface area contributed by atoms with Crippen molar-refractivity contribution in [1.82, 2.24) is 0 Å². The van der Waals surface area contributed by atoms with Crippen LogP contribution in [0.5, 0.6) is 0 Å². The summed E-state index contributed by atoms with van der Waals surface area (Å²) in [5.74, 6) is -0.0302. The summed E-state index contributed by atoms with van der Waals surface area (Å²) in [6.45, 7) is 2.09. The second-order valence-corrected chi connectivity index (χ2v) is 4.22. The average molecular weight is 229 g/mol. The third-order valence-corrected chi connectivity index (χ3v) is 2.88. The van der Waals surface area contributed by atoms with E-state index in [1.165, 1.54) is 0 Å². The molecule has 1 aromatic rings. The third-order valence-electron chi connectivity index (χ3n) is 2.88.